The first-order valence-corrected chi connectivity index (χ1v) is 4.06. The Labute approximate surface area is 79.1 Å². The summed E-state index contributed by atoms with van der Waals surface area (Å²) in [4.78, 5) is 3.87. The van der Waals surface area contributed by atoms with E-state index in [-0.39, 0.29) is 10.5 Å². The van der Waals surface area contributed by atoms with Gasteiger partial charge in [0, 0.05) is 11.6 Å². The highest BCUT2D eigenvalue weighted by Gasteiger charge is 2.08. The summed E-state index contributed by atoms with van der Waals surface area (Å²) in [6, 6.07) is 4.55. The third-order valence-electron chi connectivity index (χ3n) is 1.83. The van der Waals surface area contributed by atoms with Gasteiger partial charge in [0.2, 0.25) is 0 Å². The van der Waals surface area contributed by atoms with Gasteiger partial charge in [0.15, 0.2) is 5.82 Å². The van der Waals surface area contributed by atoms with Gasteiger partial charge in [0.25, 0.3) is 0 Å². The van der Waals surface area contributed by atoms with Gasteiger partial charge >= 0.3 is 0 Å². The van der Waals surface area contributed by atoms with Crippen molar-refractivity contribution < 1.29 is 4.39 Å². The van der Waals surface area contributed by atoms with E-state index < -0.39 is 5.82 Å². The largest absolute Gasteiger partial charge is 0.397 e. The van der Waals surface area contributed by atoms with Crippen molar-refractivity contribution >= 4 is 28.2 Å². The highest BCUT2D eigenvalue weighted by atomic mass is 35.5. The summed E-state index contributed by atoms with van der Waals surface area (Å²) in [6.45, 7) is 0. The lowest BCUT2D eigenvalue weighted by atomic mass is 10.2. The van der Waals surface area contributed by atoms with E-state index in [1.165, 1.54) is 12.3 Å². The van der Waals surface area contributed by atoms with E-state index >= 15 is 0 Å². The molecule has 0 aliphatic heterocycles. The number of rotatable bonds is 0. The predicted octanol–water partition coefficient (Wildman–Crippen LogP) is 2.61. The predicted molar refractivity (Wildman–Crippen MR) is 51.1 cm³/mol. The average molecular weight is 197 g/mol. The van der Waals surface area contributed by atoms with Gasteiger partial charge in [-0.2, -0.15) is 0 Å². The average Bonchev–Trinajstić information content (AvgIpc) is 2.15. The van der Waals surface area contributed by atoms with Crippen LogP contribution in [0.3, 0.4) is 0 Å². The Bertz CT molecular complexity index is 470. The van der Waals surface area contributed by atoms with Gasteiger partial charge in [-0.3, -0.25) is 4.98 Å². The second-order valence-corrected chi connectivity index (χ2v) is 3.06. The third kappa shape index (κ3) is 1.21. The van der Waals surface area contributed by atoms with Gasteiger partial charge in [-0.15, -0.1) is 0 Å². The molecule has 0 saturated heterocycles. The number of nitrogens with two attached hydrogens (primary N) is 1. The summed E-state index contributed by atoms with van der Waals surface area (Å²) in [5, 5.41) is 0.769. The molecule has 1 heterocycles. The lowest BCUT2D eigenvalue weighted by Gasteiger charge is -2.03. The van der Waals surface area contributed by atoms with Crippen molar-refractivity contribution in [2.45, 2.75) is 0 Å². The Balaban J connectivity index is 2.97. The molecule has 2 aromatic rings. The molecule has 0 aliphatic carbocycles. The van der Waals surface area contributed by atoms with Crippen LogP contribution in [0.25, 0.3) is 10.9 Å². The quantitative estimate of drug-likeness (QED) is 0.658. The van der Waals surface area contributed by atoms with Crippen molar-refractivity contribution in [1.82, 2.24) is 4.98 Å². The zero-order valence-electron chi connectivity index (χ0n) is 6.59. The molecule has 13 heavy (non-hydrogen) atoms. The minimum absolute atomic E-state index is 0.220. The zero-order chi connectivity index (χ0) is 9.42. The van der Waals surface area contributed by atoms with Crippen molar-refractivity contribution in [3.63, 3.8) is 0 Å². The van der Waals surface area contributed by atoms with Gasteiger partial charge in [0.1, 0.15) is 5.52 Å². The Kier molecular flexibility index (Phi) is 1.81. The molecule has 0 fully saturated rings. The Hall–Kier alpha value is -1.35. The van der Waals surface area contributed by atoms with Gasteiger partial charge in [-0.1, -0.05) is 11.6 Å². The van der Waals surface area contributed by atoms with Crippen LogP contribution in [0.4, 0.5) is 10.1 Å². The summed E-state index contributed by atoms with van der Waals surface area (Å²) >= 11 is 5.70. The van der Waals surface area contributed by atoms with E-state index in [1.807, 2.05) is 0 Å². The van der Waals surface area contributed by atoms with E-state index in [4.69, 9.17) is 17.3 Å². The fourth-order valence-corrected chi connectivity index (χ4v) is 1.40. The highest BCUT2D eigenvalue weighted by molar-refractivity contribution is 6.34. The molecule has 66 valence electrons. The van der Waals surface area contributed by atoms with E-state index in [9.17, 15) is 4.39 Å². The van der Waals surface area contributed by atoms with Crippen LogP contribution in [0.1, 0.15) is 0 Å². The van der Waals surface area contributed by atoms with E-state index in [1.54, 1.807) is 12.1 Å². The number of aromatic nitrogens is 1. The Morgan fingerprint density at radius 3 is 3.00 bits per heavy atom. The maximum absolute atomic E-state index is 13.2. The third-order valence-corrected chi connectivity index (χ3v) is 2.15. The molecule has 2 N–H and O–H groups in total. The fraction of sp³-hybridized carbons (Fsp3) is 0. The highest BCUT2D eigenvalue weighted by Crippen LogP contribution is 2.29. The van der Waals surface area contributed by atoms with Gasteiger partial charge < -0.3 is 5.73 Å². The summed E-state index contributed by atoms with van der Waals surface area (Å²) < 4.78 is 13.2. The molecular formula is C9H6ClFN2. The second-order valence-electron chi connectivity index (χ2n) is 2.65. The summed E-state index contributed by atoms with van der Waals surface area (Å²) in [5.41, 5.74) is 6.27. The first kappa shape index (κ1) is 8.26. The molecule has 2 nitrogen and oxygen atoms in total. The topological polar surface area (TPSA) is 38.9 Å². The van der Waals surface area contributed by atoms with Crippen molar-refractivity contribution in [2.24, 2.45) is 0 Å². The van der Waals surface area contributed by atoms with Crippen molar-refractivity contribution in [3.8, 4) is 0 Å². The first-order chi connectivity index (χ1) is 6.20. The molecule has 1 aromatic heterocycles. The van der Waals surface area contributed by atoms with E-state index in [0.29, 0.717) is 11.1 Å². The minimum Gasteiger partial charge on any atom is -0.397 e. The van der Waals surface area contributed by atoms with Crippen LogP contribution in [-0.4, -0.2) is 4.98 Å². The molecule has 1 aromatic carbocycles. The Morgan fingerprint density at radius 2 is 2.23 bits per heavy atom. The Morgan fingerprint density at radius 1 is 1.46 bits per heavy atom. The lowest BCUT2D eigenvalue weighted by Crippen LogP contribution is -1.92. The van der Waals surface area contributed by atoms with Crippen molar-refractivity contribution in [2.75, 3.05) is 5.73 Å². The summed E-state index contributed by atoms with van der Waals surface area (Å²) in [7, 11) is 0. The van der Waals surface area contributed by atoms with Gasteiger partial charge in [-0.25, -0.2) is 4.39 Å². The molecular weight excluding hydrogens is 191 g/mol. The van der Waals surface area contributed by atoms with Crippen LogP contribution in [-0.2, 0) is 0 Å². The van der Waals surface area contributed by atoms with E-state index in [2.05, 4.69) is 4.98 Å². The lowest BCUT2D eigenvalue weighted by molar-refractivity contribution is 0.637. The number of halogens is 2. The molecule has 0 spiro atoms. The van der Waals surface area contributed by atoms with Crippen molar-refractivity contribution in [3.05, 3.63) is 35.2 Å². The molecule has 2 rings (SSSR count). The number of hydrogen-bond donors (Lipinski definition) is 1. The number of pyridine rings is 1. The number of benzene rings is 1. The van der Waals surface area contributed by atoms with Crippen LogP contribution in [0, 0.1) is 5.82 Å². The maximum Gasteiger partial charge on any atom is 0.151 e. The standard InChI is InChI=1S/C9H6ClFN2/c10-6-4-7(11)9-5(8(6)12)2-1-3-13-9/h1-4H,12H2. The van der Waals surface area contributed by atoms with Crippen molar-refractivity contribution in [1.29, 1.82) is 0 Å². The summed E-state index contributed by atoms with van der Waals surface area (Å²) in [6.07, 6.45) is 1.51. The normalized spacial score (nSPS) is 10.6. The monoisotopic (exact) mass is 196 g/mol. The van der Waals surface area contributed by atoms with E-state index in [0.717, 1.165) is 0 Å². The number of hydrogen-bond acceptors (Lipinski definition) is 2. The first-order valence-electron chi connectivity index (χ1n) is 3.68. The van der Waals surface area contributed by atoms with Crippen LogP contribution >= 0.6 is 11.6 Å². The second kappa shape index (κ2) is 2.85. The smallest absolute Gasteiger partial charge is 0.151 e. The van der Waals surface area contributed by atoms with Crippen LogP contribution in [0.5, 0.6) is 0 Å². The fourth-order valence-electron chi connectivity index (χ4n) is 1.20. The van der Waals surface area contributed by atoms with Crippen LogP contribution < -0.4 is 5.73 Å². The van der Waals surface area contributed by atoms with Gasteiger partial charge in [-0.05, 0) is 18.2 Å². The molecule has 0 radical (unpaired) electrons. The molecule has 0 atom stereocenters. The molecule has 4 heteroatoms. The molecule has 0 bridgehead atoms. The maximum atomic E-state index is 13.2. The number of anilines is 1. The molecule has 0 unspecified atom stereocenters. The van der Waals surface area contributed by atoms with Crippen LogP contribution in [0.2, 0.25) is 5.02 Å². The molecule has 0 aliphatic rings. The number of nitrogens with zero attached hydrogens (tertiary/aromatic N) is 1. The zero-order valence-corrected chi connectivity index (χ0v) is 7.35. The number of fused-ring (bicyclic) bond motifs is 1. The van der Waals surface area contributed by atoms with Crippen LogP contribution in [0.15, 0.2) is 24.4 Å². The van der Waals surface area contributed by atoms with Gasteiger partial charge in [0.05, 0.1) is 10.7 Å². The minimum atomic E-state index is -0.449. The molecule has 0 saturated carbocycles. The SMILES string of the molecule is Nc1c(Cl)cc(F)c2ncccc12. The molecule has 0 amide bonds. The number of nitrogen functional groups attached to an aromatic ring is 1. The summed E-state index contributed by atoms with van der Waals surface area (Å²) in [5.74, 6) is -0.449.